The van der Waals surface area contributed by atoms with Crippen LogP contribution in [0.1, 0.15) is 45.6 Å². The first-order chi connectivity index (χ1) is 21.0. The maximum absolute atomic E-state index is 14.3. The van der Waals surface area contributed by atoms with Crippen LogP contribution >= 0.6 is 11.3 Å². The third-order valence-electron chi connectivity index (χ3n) is 8.01. The fourth-order valence-electron chi connectivity index (χ4n) is 5.93. The molecule has 0 saturated carbocycles. The first-order valence-electron chi connectivity index (χ1n) is 14.5. The van der Waals surface area contributed by atoms with Crippen molar-refractivity contribution in [3.8, 4) is 21.9 Å². The minimum absolute atomic E-state index is 0.0214. The maximum Gasteiger partial charge on any atom is 0.343 e. The number of esters is 1. The van der Waals surface area contributed by atoms with E-state index in [9.17, 15) is 9.59 Å². The Bertz CT molecular complexity index is 1840. The normalized spacial score (nSPS) is 14.3. The van der Waals surface area contributed by atoms with E-state index < -0.39 is 5.97 Å². The summed E-state index contributed by atoms with van der Waals surface area (Å²) in [5.74, 6) is 0.879. The number of ether oxygens (including phenoxy) is 3. The van der Waals surface area contributed by atoms with Crippen molar-refractivity contribution in [3.05, 3.63) is 117 Å². The molecule has 6 rings (SSSR count). The summed E-state index contributed by atoms with van der Waals surface area (Å²) < 4.78 is 18.4. The highest BCUT2D eigenvalue weighted by atomic mass is 32.1. The molecule has 0 bridgehead atoms. The van der Waals surface area contributed by atoms with Gasteiger partial charge in [0.1, 0.15) is 21.9 Å². The summed E-state index contributed by atoms with van der Waals surface area (Å²) in [7, 11) is 3.29. The number of carbonyl (C=O) groups excluding carboxylic acids is 1. The van der Waals surface area contributed by atoms with E-state index in [1.807, 2.05) is 53.1 Å². The molecule has 220 valence electrons. The number of thiophene rings is 1. The lowest BCUT2D eigenvalue weighted by Gasteiger charge is -2.27. The molecule has 1 unspecified atom stereocenters. The second kappa shape index (κ2) is 12.5. The number of aromatic nitrogens is 1. The molecule has 43 heavy (non-hydrogen) atoms. The number of carbonyl (C=O) groups is 1. The molecule has 5 aromatic rings. The molecule has 8 heteroatoms. The molecule has 1 atom stereocenters. The van der Waals surface area contributed by atoms with Crippen molar-refractivity contribution < 1.29 is 19.0 Å². The van der Waals surface area contributed by atoms with Crippen LogP contribution in [0.25, 0.3) is 20.7 Å². The largest absolute Gasteiger partial charge is 0.497 e. The number of rotatable bonds is 9. The molecule has 0 saturated heterocycles. The van der Waals surface area contributed by atoms with Gasteiger partial charge in [0.25, 0.3) is 0 Å². The Morgan fingerprint density at radius 1 is 1.00 bits per heavy atom. The predicted octanol–water partition coefficient (Wildman–Crippen LogP) is 6.40. The number of fused-ring (bicyclic) bond motifs is 2. The van der Waals surface area contributed by atoms with Crippen LogP contribution in [0.5, 0.6) is 11.5 Å². The topological polar surface area (TPSA) is 78.8 Å². The average Bonchev–Trinajstić information content (AvgIpc) is 3.42. The van der Waals surface area contributed by atoms with Crippen molar-refractivity contribution in [2.24, 2.45) is 0 Å². The quantitative estimate of drug-likeness (QED) is 0.199. The van der Waals surface area contributed by atoms with E-state index in [2.05, 4.69) is 29.6 Å². The summed E-state index contributed by atoms with van der Waals surface area (Å²) in [6, 6.07) is 24.2. The molecular formula is C35H34N2O5S. The summed E-state index contributed by atoms with van der Waals surface area (Å²) >= 11 is 1.57. The fraction of sp³-hybridized carbons (Fsp3) is 0.257. The van der Waals surface area contributed by atoms with Crippen molar-refractivity contribution in [1.82, 2.24) is 9.88 Å². The number of hydrogen-bond donors (Lipinski definition) is 1. The van der Waals surface area contributed by atoms with Crippen molar-refractivity contribution in [3.63, 3.8) is 0 Å². The summed E-state index contributed by atoms with van der Waals surface area (Å²) in [5.41, 5.74) is 5.13. The van der Waals surface area contributed by atoms with Crippen molar-refractivity contribution in [1.29, 1.82) is 0 Å². The predicted molar refractivity (Wildman–Crippen MR) is 171 cm³/mol. The molecule has 0 spiro atoms. The Balaban J connectivity index is 1.60. The van der Waals surface area contributed by atoms with Gasteiger partial charge in [0.15, 0.2) is 0 Å². The van der Waals surface area contributed by atoms with Crippen LogP contribution in [0.15, 0.2) is 83.8 Å². The van der Waals surface area contributed by atoms with Gasteiger partial charge in [-0.1, -0.05) is 42.5 Å². The minimum Gasteiger partial charge on any atom is -0.497 e. The van der Waals surface area contributed by atoms with Crippen LogP contribution in [-0.4, -0.2) is 37.9 Å². The third kappa shape index (κ3) is 5.56. The SMILES string of the molecule is CCOC(=O)c1cn(Cc2ccccc2OC)c2sc(-c3ccc(OC)cc3)c(CC3NCCc4ccccc43)c2c1=O. The number of hydrogen-bond acceptors (Lipinski definition) is 7. The van der Waals surface area contributed by atoms with Gasteiger partial charge < -0.3 is 24.1 Å². The van der Waals surface area contributed by atoms with E-state index in [1.54, 1.807) is 38.7 Å². The standard InChI is InChI=1S/C35H34N2O5S/c1-4-42-35(39)28-21-37(20-24-10-6-8-12-30(24)41-3)34-31(32(28)38)27(33(43-34)23-13-15-25(40-2)16-14-23)19-29-26-11-7-5-9-22(26)17-18-36-29/h5-16,21,29,36H,4,17-20H2,1-3H3. The van der Waals surface area contributed by atoms with Gasteiger partial charge in [0.2, 0.25) is 5.43 Å². The number of benzene rings is 3. The monoisotopic (exact) mass is 594 g/mol. The molecule has 0 fully saturated rings. The zero-order valence-electron chi connectivity index (χ0n) is 24.5. The number of nitrogens with zero attached hydrogens (tertiary/aromatic N) is 1. The molecule has 3 aromatic carbocycles. The zero-order chi connectivity index (χ0) is 29.9. The maximum atomic E-state index is 14.3. The lowest BCUT2D eigenvalue weighted by molar-refractivity contribution is 0.0524. The van der Waals surface area contributed by atoms with E-state index in [1.165, 1.54) is 11.1 Å². The summed E-state index contributed by atoms with van der Waals surface area (Å²) in [6.07, 6.45) is 3.19. The van der Waals surface area contributed by atoms with E-state index in [0.29, 0.717) is 18.4 Å². The van der Waals surface area contributed by atoms with Crippen LogP contribution in [-0.2, 0) is 24.1 Å². The Morgan fingerprint density at radius 3 is 2.53 bits per heavy atom. The first kappa shape index (κ1) is 28.7. The van der Waals surface area contributed by atoms with Crippen molar-refractivity contribution in [2.75, 3.05) is 27.4 Å². The van der Waals surface area contributed by atoms with Gasteiger partial charge in [0.05, 0.1) is 32.8 Å². The summed E-state index contributed by atoms with van der Waals surface area (Å²) in [6.45, 7) is 3.19. The zero-order valence-corrected chi connectivity index (χ0v) is 25.3. The van der Waals surface area contributed by atoms with Gasteiger partial charge in [-0.25, -0.2) is 4.79 Å². The molecule has 1 N–H and O–H groups in total. The van der Waals surface area contributed by atoms with Gasteiger partial charge in [0, 0.05) is 22.7 Å². The number of para-hydroxylation sites is 1. The average molecular weight is 595 g/mol. The van der Waals surface area contributed by atoms with Crippen LogP contribution in [0, 0.1) is 0 Å². The van der Waals surface area contributed by atoms with Gasteiger partial charge in [-0.2, -0.15) is 0 Å². The number of pyridine rings is 1. The van der Waals surface area contributed by atoms with Crippen molar-refractivity contribution in [2.45, 2.75) is 32.4 Å². The van der Waals surface area contributed by atoms with E-state index in [0.717, 1.165) is 50.9 Å². The Labute approximate surface area is 254 Å². The third-order valence-corrected chi connectivity index (χ3v) is 9.33. The lowest BCUT2D eigenvalue weighted by Crippen LogP contribution is -2.31. The van der Waals surface area contributed by atoms with Gasteiger partial charge in [-0.15, -0.1) is 11.3 Å². The van der Waals surface area contributed by atoms with E-state index in [4.69, 9.17) is 14.2 Å². The Hall–Kier alpha value is -4.40. The molecule has 0 aliphatic carbocycles. The number of nitrogens with one attached hydrogen (secondary N) is 1. The first-order valence-corrected chi connectivity index (χ1v) is 15.3. The van der Waals surface area contributed by atoms with E-state index in [-0.39, 0.29) is 23.6 Å². The van der Waals surface area contributed by atoms with Crippen molar-refractivity contribution >= 4 is 27.5 Å². The number of methoxy groups -OCH3 is 2. The smallest absolute Gasteiger partial charge is 0.343 e. The Kier molecular flexibility index (Phi) is 8.31. The molecule has 1 aliphatic rings. The molecule has 7 nitrogen and oxygen atoms in total. The van der Waals surface area contributed by atoms with Crippen LogP contribution < -0.4 is 20.2 Å². The van der Waals surface area contributed by atoms with Gasteiger partial charge in [-0.05, 0) is 78.9 Å². The molecule has 2 aromatic heterocycles. The molecule has 1 aliphatic heterocycles. The van der Waals surface area contributed by atoms with Gasteiger partial charge >= 0.3 is 5.97 Å². The molecule has 3 heterocycles. The second-order valence-corrected chi connectivity index (χ2v) is 11.5. The second-order valence-electron chi connectivity index (χ2n) is 10.5. The highest BCUT2D eigenvalue weighted by molar-refractivity contribution is 7.22. The summed E-state index contributed by atoms with van der Waals surface area (Å²) in [4.78, 5) is 29.2. The fourth-order valence-corrected chi connectivity index (χ4v) is 7.24. The molecule has 0 radical (unpaired) electrons. The van der Waals surface area contributed by atoms with Crippen LogP contribution in [0.3, 0.4) is 0 Å². The summed E-state index contributed by atoms with van der Waals surface area (Å²) in [5, 5.41) is 4.25. The van der Waals surface area contributed by atoms with Crippen LogP contribution in [0.2, 0.25) is 0 Å². The van der Waals surface area contributed by atoms with Gasteiger partial charge in [-0.3, -0.25) is 4.79 Å². The highest BCUT2D eigenvalue weighted by Crippen LogP contribution is 2.41. The molecular weight excluding hydrogens is 560 g/mol. The van der Waals surface area contributed by atoms with E-state index >= 15 is 0 Å². The molecule has 0 amide bonds. The Morgan fingerprint density at radius 2 is 1.77 bits per heavy atom. The lowest BCUT2D eigenvalue weighted by atomic mass is 9.89. The van der Waals surface area contributed by atoms with Crippen LogP contribution in [0.4, 0.5) is 0 Å². The highest BCUT2D eigenvalue weighted by Gasteiger charge is 2.28. The minimum atomic E-state index is -0.618.